The van der Waals surface area contributed by atoms with Crippen LogP contribution < -0.4 is 10.6 Å². The molecule has 1 heterocycles. The van der Waals surface area contributed by atoms with Crippen LogP contribution in [0.4, 0.5) is 17.3 Å². The van der Waals surface area contributed by atoms with Gasteiger partial charge in [-0.15, -0.1) is 0 Å². The Hall–Kier alpha value is -1.92. The smallest absolute Gasteiger partial charge is 0.353 e. The lowest BCUT2D eigenvalue weighted by Gasteiger charge is -2.09. The second-order valence-electron chi connectivity index (χ2n) is 4.76. The second kappa shape index (κ2) is 6.31. The zero-order chi connectivity index (χ0) is 13.7. The van der Waals surface area contributed by atoms with Crippen molar-refractivity contribution in [3.8, 4) is 0 Å². The van der Waals surface area contributed by atoms with Gasteiger partial charge in [0.05, 0.1) is 4.92 Å². The summed E-state index contributed by atoms with van der Waals surface area (Å²) in [5.74, 6) is 1.38. The van der Waals surface area contributed by atoms with E-state index < -0.39 is 4.92 Å². The summed E-state index contributed by atoms with van der Waals surface area (Å²) in [6.45, 7) is 3.37. The zero-order valence-corrected chi connectivity index (χ0v) is 11.1. The molecule has 0 amide bonds. The van der Waals surface area contributed by atoms with E-state index in [9.17, 15) is 10.1 Å². The Morgan fingerprint density at radius 2 is 1.95 bits per heavy atom. The van der Waals surface area contributed by atoms with E-state index in [1.54, 1.807) is 0 Å². The molecule has 0 aromatic carbocycles. The topological polar surface area (TPSA) is 93.0 Å². The Kier molecular flexibility index (Phi) is 4.48. The highest BCUT2D eigenvalue weighted by Gasteiger charge is 2.24. The number of nitrogens with one attached hydrogen (secondary N) is 2. The Morgan fingerprint density at radius 3 is 2.47 bits per heavy atom. The third-order valence-electron chi connectivity index (χ3n) is 3.09. The van der Waals surface area contributed by atoms with Crippen LogP contribution in [0.3, 0.4) is 0 Å². The first-order valence-electron chi connectivity index (χ1n) is 6.69. The van der Waals surface area contributed by atoms with E-state index in [0.717, 1.165) is 25.3 Å². The maximum atomic E-state index is 11.2. The van der Waals surface area contributed by atoms with Gasteiger partial charge in [0.15, 0.2) is 0 Å². The SMILES string of the molecule is CCCNc1ncnc(NCCC2CC2)c1[N+](=O)[O-]. The molecule has 1 saturated carbocycles. The lowest BCUT2D eigenvalue weighted by molar-refractivity contribution is -0.383. The van der Waals surface area contributed by atoms with Crippen molar-refractivity contribution in [2.24, 2.45) is 5.92 Å². The maximum Gasteiger partial charge on any atom is 0.353 e. The molecule has 1 fully saturated rings. The van der Waals surface area contributed by atoms with E-state index >= 15 is 0 Å². The lowest BCUT2D eigenvalue weighted by atomic mass is 10.3. The zero-order valence-electron chi connectivity index (χ0n) is 11.1. The molecule has 0 bridgehead atoms. The first-order valence-corrected chi connectivity index (χ1v) is 6.69. The summed E-state index contributed by atoms with van der Waals surface area (Å²) in [5, 5.41) is 17.2. The third-order valence-corrected chi connectivity index (χ3v) is 3.09. The second-order valence-corrected chi connectivity index (χ2v) is 4.76. The van der Waals surface area contributed by atoms with Gasteiger partial charge in [0, 0.05) is 13.1 Å². The van der Waals surface area contributed by atoms with Gasteiger partial charge < -0.3 is 10.6 Å². The normalized spacial score (nSPS) is 14.2. The molecule has 1 aliphatic rings. The van der Waals surface area contributed by atoms with Crippen LogP contribution >= 0.6 is 0 Å². The van der Waals surface area contributed by atoms with Gasteiger partial charge in [0.2, 0.25) is 11.6 Å². The summed E-state index contributed by atoms with van der Waals surface area (Å²) in [5.41, 5.74) is -0.0632. The molecule has 2 N–H and O–H groups in total. The Balaban J connectivity index is 2.07. The van der Waals surface area contributed by atoms with Crippen LogP contribution in [0.25, 0.3) is 0 Å². The molecule has 1 aromatic rings. The van der Waals surface area contributed by atoms with Crippen LogP contribution in [0.2, 0.25) is 0 Å². The minimum atomic E-state index is -0.433. The van der Waals surface area contributed by atoms with Gasteiger partial charge in [0.1, 0.15) is 6.33 Å². The van der Waals surface area contributed by atoms with Crippen molar-refractivity contribution in [3.63, 3.8) is 0 Å². The Bertz CT molecular complexity index is 448. The van der Waals surface area contributed by atoms with Gasteiger partial charge in [-0.25, -0.2) is 9.97 Å². The Labute approximate surface area is 112 Å². The van der Waals surface area contributed by atoms with Crippen LogP contribution in [0.5, 0.6) is 0 Å². The summed E-state index contributed by atoms with van der Waals surface area (Å²) >= 11 is 0. The molecule has 7 nitrogen and oxygen atoms in total. The fourth-order valence-electron chi connectivity index (χ4n) is 1.86. The molecular weight excluding hydrogens is 246 g/mol. The minimum Gasteiger partial charge on any atom is -0.364 e. The highest BCUT2D eigenvalue weighted by molar-refractivity contribution is 5.69. The van der Waals surface area contributed by atoms with Gasteiger partial charge in [-0.05, 0) is 18.8 Å². The average molecular weight is 265 g/mol. The number of hydrogen-bond donors (Lipinski definition) is 2. The van der Waals surface area contributed by atoms with E-state index in [1.165, 1.54) is 19.2 Å². The fourth-order valence-corrected chi connectivity index (χ4v) is 1.86. The van der Waals surface area contributed by atoms with Crippen molar-refractivity contribution in [3.05, 3.63) is 16.4 Å². The maximum absolute atomic E-state index is 11.2. The summed E-state index contributed by atoms with van der Waals surface area (Å²) in [4.78, 5) is 18.7. The first kappa shape index (κ1) is 13.5. The number of hydrogen-bond acceptors (Lipinski definition) is 6. The largest absolute Gasteiger partial charge is 0.364 e. The lowest BCUT2D eigenvalue weighted by Crippen LogP contribution is -2.11. The van der Waals surface area contributed by atoms with E-state index in [4.69, 9.17) is 0 Å². The molecule has 2 rings (SSSR count). The fraction of sp³-hybridized carbons (Fsp3) is 0.667. The van der Waals surface area contributed by atoms with Crippen LogP contribution in [0, 0.1) is 16.0 Å². The summed E-state index contributed by atoms with van der Waals surface area (Å²) in [6.07, 6.45) is 5.82. The summed E-state index contributed by atoms with van der Waals surface area (Å²) < 4.78 is 0. The number of aromatic nitrogens is 2. The van der Waals surface area contributed by atoms with E-state index in [2.05, 4.69) is 20.6 Å². The molecule has 7 heteroatoms. The van der Waals surface area contributed by atoms with Crippen LogP contribution in [0.15, 0.2) is 6.33 Å². The third kappa shape index (κ3) is 3.77. The van der Waals surface area contributed by atoms with Crippen molar-refractivity contribution in [2.75, 3.05) is 23.7 Å². The molecule has 104 valence electrons. The predicted molar refractivity (Wildman–Crippen MR) is 73.3 cm³/mol. The van der Waals surface area contributed by atoms with Crippen molar-refractivity contribution < 1.29 is 4.92 Å². The van der Waals surface area contributed by atoms with Crippen LogP contribution in [-0.2, 0) is 0 Å². The molecule has 0 atom stereocenters. The van der Waals surface area contributed by atoms with E-state index in [0.29, 0.717) is 12.4 Å². The molecular formula is C12H19N5O2. The van der Waals surface area contributed by atoms with Gasteiger partial charge in [0.25, 0.3) is 0 Å². The van der Waals surface area contributed by atoms with E-state index in [1.807, 2.05) is 6.92 Å². The molecule has 1 aromatic heterocycles. The van der Waals surface area contributed by atoms with Crippen molar-refractivity contribution in [2.45, 2.75) is 32.6 Å². The summed E-state index contributed by atoms with van der Waals surface area (Å²) in [7, 11) is 0. The predicted octanol–water partition coefficient (Wildman–Crippen LogP) is 2.42. The monoisotopic (exact) mass is 265 g/mol. The Morgan fingerprint density at radius 1 is 1.32 bits per heavy atom. The molecule has 0 spiro atoms. The first-order chi connectivity index (χ1) is 9.22. The number of anilines is 2. The average Bonchev–Trinajstić information content (AvgIpc) is 3.20. The molecule has 0 saturated heterocycles. The quantitative estimate of drug-likeness (QED) is 0.554. The van der Waals surface area contributed by atoms with Gasteiger partial charge in [-0.1, -0.05) is 19.8 Å². The highest BCUT2D eigenvalue weighted by atomic mass is 16.6. The van der Waals surface area contributed by atoms with Crippen LogP contribution in [-0.4, -0.2) is 28.0 Å². The van der Waals surface area contributed by atoms with E-state index in [-0.39, 0.29) is 11.5 Å². The summed E-state index contributed by atoms with van der Waals surface area (Å²) in [6, 6.07) is 0. The molecule has 19 heavy (non-hydrogen) atoms. The minimum absolute atomic E-state index is 0.0632. The number of nitro groups is 1. The van der Waals surface area contributed by atoms with Crippen molar-refractivity contribution in [1.82, 2.24) is 9.97 Å². The highest BCUT2D eigenvalue weighted by Crippen LogP contribution is 2.33. The molecule has 0 unspecified atom stereocenters. The van der Waals surface area contributed by atoms with Gasteiger partial charge in [-0.2, -0.15) is 0 Å². The molecule has 0 aliphatic heterocycles. The van der Waals surface area contributed by atoms with Gasteiger partial charge in [-0.3, -0.25) is 10.1 Å². The molecule has 0 radical (unpaired) electrons. The standard InChI is InChI=1S/C12H19N5O2/c1-2-6-13-11-10(17(18)19)12(16-8-15-11)14-7-5-9-3-4-9/h8-9H,2-7H2,1H3,(H2,13,14,15,16). The number of rotatable bonds is 8. The number of nitrogens with zero attached hydrogens (tertiary/aromatic N) is 3. The van der Waals surface area contributed by atoms with Crippen molar-refractivity contribution in [1.29, 1.82) is 0 Å². The van der Waals surface area contributed by atoms with Gasteiger partial charge >= 0.3 is 5.69 Å². The van der Waals surface area contributed by atoms with Crippen molar-refractivity contribution >= 4 is 17.3 Å². The van der Waals surface area contributed by atoms with Crippen LogP contribution in [0.1, 0.15) is 32.6 Å². The molecule has 1 aliphatic carbocycles.